The van der Waals surface area contributed by atoms with Crippen LogP contribution in [-0.4, -0.2) is 101 Å². The first kappa shape index (κ1) is 56.3. The number of nitrogens with one attached hydrogen (secondary N) is 1. The monoisotopic (exact) mass is 1240 g/mol. The number of alkyl halides is 2. The molecule has 0 atom stereocenters. The summed E-state index contributed by atoms with van der Waals surface area (Å²) in [5.41, 5.74) is 11.2. The van der Waals surface area contributed by atoms with E-state index >= 15 is 0 Å². The number of pyridine rings is 2. The average Bonchev–Trinajstić information content (AvgIpc) is 4.49. The maximum atomic E-state index is 13.2. The molecule has 0 bridgehead atoms. The Morgan fingerprint density at radius 2 is 1.10 bits per heavy atom. The van der Waals surface area contributed by atoms with E-state index in [-0.39, 0.29) is 47.6 Å². The van der Waals surface area contributed by atoms with Crippen molar-refractivity contribution in [3.05, 3.63) is 180 Å². The molecule has 0 fully saturated rings. The van der Waals surface area contributed by atoms with Gasteiger partial charge in [0.2, 0.25) is 17.1 Å². The van der Waals surface area contributed by atoms with Crippen molar-refractivity contribution < 1.29 is 27.6 Å². The van der Waals surface area contributed by atoms with Crippen LogP contribution in [0.15, 0.2) is 139 Å². The van der Waals surface area contributed by atoms with Gasteiger partial charge in [-0.3, -0.25) is 24.4 Å². The Labute approximate surface area is 480 Å². The number of anilines is 3. The number of nitrogens with zero attached hydrogens (tertiary/aromatic N) is 13. The molecule has 79 heavy (non-hydrogen) atoms. The zero-order valence-corrected chi connectivity index (χ0v) is 46.5. The molecule has 0 unspecified atom stereocenters. The van der Waals surface area contributed by atoms with E-state index in [2.05, 4.69) is 69.3 Å². The molecule has 9 aromatic rings. The molecule has 13 rings (SSSR count). The van der Waals surface area contributed by atoms with Crippen LogP contribution in [0.5, 0.6) is 0 Å². The minimum atomic E-state index is -0.508. The summed E-state index contributed by atoms with van der Waals surface area (Å²) in [5.74, 6) is -1.11. The van der Waals surface area contributed by atoms with Crippen LogP contribution in [0.25, 0.3) is 28.1 Å². The van der Waals surface area contributed by atoms with Gasteiger partial charge < -0.3 is 15.1 Å². The van der Waals surface area contributed by atoms with Gasteiger partial charge in [-0.1, -0.05) is 0 Å². The Morgan fingerprint density at radius 3 is 1.65 bits per heavy atom. The van der Waals surface area contributed by atoms with E-state index < -0.39 is 5.24 Å². The van der Waals surface area contributed by atoms with Gasteiger partial charge in [-0.25, -0.2) is 36.9 Å². The van der Waals surface area contributed by atoms with Gasteiger partial charge in [0.15, 0.2) is 5.65 Å². The zero-order chi connectivity index (χ0) is 55.4. The van der Waals surface area contributed by atoms with Gasteiger partial charge in [0, 0.05) is 43.0 Å². The number of benzene rings is 3. The van der Waals surface area contributed by atoms with Gasteiger partial charge in [0.1, 0.15) is 33.6 Å². The van der Waals surface area contributed by atoms with Crippen molar-refractivity contribution >= 4 is 106 Å². The van der Waals surface area contributed by atoms with Crippen molar-refractivity contribution in [2.45, 2.75) is 51.6 Å². The fourth-order valence-corrected chi connectivity index (χ4v) is 9.97. The minimum Gasteiger partial charge on any atom is -0.382 e. The molecule has 17 nitrogen and oxygen atoms in total. The summed E-state index contributed by atoms with van der Waals surface area (Å²) < 4.78 is 47.2. The number of carbonyl (C=O) groups is 3. The van der Waals surface area contributed by atoms with E-state index in [9.17, 15) is 27.6 Å². The van der Waals surface area contributed by atoms with E-state index in [0.717, 1.165) is 112 Å². The number of hydrogen-bond acceptors (Lipinski definition) is 11. The number of carbonyl (C=O) groups excluding carboxylic acids is 3. The molecule has 1 N–H and O–H groups in total. The SMILES string of the molecule is Fc1ccc(-n2ncc3c2CCCN3)cc1.IC1=NCc2ncccc21.O=C(CCl)N1CCCc2c1cnn2-c1ccc(F)cc1.O=C(Cl)CCl.O=C(Cn1ncc2cccnc21)N1CCCc2c1cnn2-c1ccc(F)cc1. The highest BCUT2D eigenvalue weighted by molar-refractivity contribution is 14.1. The van der Waals surface area contributed by atoms with Crippen LogP contribution in [0, 0.1) is 17.5 Å². The summed E-state index contributed by atoms with van der Waals surface area (Å²) in [6, 6.07) is 26.5. The number of aliphatic imine (C=N–C) groups is 1. The highest BCUT2D eigenvalue weighted by Crippen LogP contribution is 2.31. The standard InChI is InChI=1S/C20H17FN6O.C14H13ClFN3O.C12H12FN3.C7H5IN2.C2H2Cl2O/c21-15-5-7-16(8-6-15)27-17-4-2-10-25(18(17)12-24-27)19(28)13-26-20-14(11-23-26)3-1-9-22-20;15-8-14(20)18-7-1-2-12-13(18)9-17-19(12)11-5-3-10(16)4-6-11;13-9-3-5-10(6-4-9)16-12-2-1-7-14-11(12)8-15-16;8-7-5-2-1-3-9-6(5)4-10-7;3-1-2(4)5/h1,3,5-9,11-12H,2,4,10,13H2;3-6,9H,1-2,7-8H2;3-6,8,14H,1-2,7H2;1-3H,4H2;1H2. The smallest absolute Gasteiger partial charge is 0.248 e. The quantitative estimate of drug-likeness (QED) is 0.0917. The topological polar surface area (TPSA) is 179 Å². The second-order valence-electron chi connectivity index (χ2n) is 17.9. The number of halogens is 7. The van der Waals surface area contributed by atoms with Crippen molar-refractivity contribution in [3.63, 3.8) is 0 Å². The van der Waals surface area contributed by atoms with Gasteiger partial charge in [0.25, 0.3) is 0 Å². The van der Waals surface area contributed by atoms with E-state index in [1.807, 2.05) is 35.3 Å². The van der Waals surface area contributed by atoms with E-state index in [1.54, 1.807) is 85.0 Å². The van der Waals surface area contributed by atoms with Crippen molar-refractivity contribution in [2.24, 2.45) is 4.99 Å². The first-order valence-electron chi connectivity index (χ1n) is 24.9. The molecule has 6 aromatic heterocycles. The van der Waals surface area contributed by atoms with Gasteiger partial charge in [-0.2, -0.15) is 20.4 Å². The first-order chi connectivity index (χ1) is 38.4. The van der Waals surface area contributed by atoms with E-state index in [4.69, 9.17) is 34.8 Å². The van der Waals surface area contributed by atoms with Crippen molar-refractivity contribution in [2.75, 3.05) is 46.5 Å². The van der Waals surface area contributed by atoms with Crippen LogP contribution in [0.4, 0.5) is 30.2 Å². The number of amides is 2. The summed E-state index contributed by atoms with van der Waals surface area (Å²) in [5, 5.41) is 21.1. The summed E-state index contributed by atoms with van der Waals surface area (Å²) in [6.07, 6.45) is 15.9. The zero-order valence-electron chi connectivity index (χ0n) is 42.1. The maximum absolute atomic E-state index is 13.2. The fourth-order valence-electron chi connectivity index (χ4n) is 9.17. The lowest BCUT2D eigenvalue weighted by Crippen LogP contribution is -2.38. The van der Waals surface area contributed by atoms with Crippen LogP contribution in [-0.2, 0) is 46.7 Å². The summed E-state index contributed by atoms with van der Waals surface area (Å²) in [6.45, 7) is 3.17. The molecule has 2 amide bonds. The van der Waals surface area contributed by atoms with Crippen molar-refractivity contribution in [3.8, 4) is 17.1 Å². The second-order valence-corrected chi connectivity index (χ2v) is 19.9. The fraction of sp³-hybridized carbons (Fsp3) is 0.236. The number of aromatic nitrogens is 10. The molecule has 4 aliphatic rings. The average molecular weight is 1240 g/mol. The molecule has 0 saturated heterocycles. The molecule has 4 aliphatic heterocycles. The number of hydrogen-bond donors (Lipinski definition) is 1. The number of rotatable bonds is 7. The van der Waals surface area contributed by atoms with Crippen LogP contribution in [0.1, 0.15) is 47.6 Å². The lowest BCUT2D eigenvalue weighted by Gasteiger charge is -2.27. The second kappa shape index (κ2) is 26.5. The summed E-state index contributed by atoms with van der Waals surface area (Å²) in [7, 11) is 0. The predicted molar refractivity (Wildman–Crippen MR) is 307 cm³/mol. The largest absolute Gasteiger partial charge is 0.382 e. The third kappa shape index (κ3) is 13.5. The summed E-state index contributed by atoms with van der Waals surface area (Å²) >= 11 is 17.4. The molecular formula is C55H49Cl3F3IN14O3. The van der Waals surface area contributed by atoms with Crippen LogP contribution in [0.3, 0.4) is 0 Å². The Hall–Kier alpha value is -7.47. The van der Waals surface area contributed by atoms with Crippen LogP contribution >= 0.6 is 57.4 Å². The van der Waals surface area contributed by atoms with Crippen molar-refractivity contribution in [1.82, 2.24) is 49.1 Å². The van der Waals surface area contributed by atoms with Gasteiger partial charge in [-0.15, -0.1) is 23.2 Å². The molecule has 0 spiro atoms. The highest BCUT2D eigenvalue weighted by atomic mass is 127. The minimum absolute atomic E-state index is 0.0405. The van der Waals surface area contributed by atoms with Gasteiger partial charge in [0.05, 0.1) is 94.1 Å². The Bertz CT molecular complexity index is 3610. The first-order valence-corrected chi connectivity index (χ1v) is 27.5. The van der Waals surface area contributed by atoms with E-state index in [1.165, 1.54) is 47.7 Å². The molecule has 0 saturated carbocycles. The lowest BCUT2D eigenvalue weighted by atomic mass is 10.1. The predicted octanol–water partition coefficient (Wildman–Crippen LogP) is 10.4. The lowest BCUT2D eigenvalue weighted by molar-refractivity contribution is -0.119. The summed E-state index contributed by atoms with van der Waals surface area (Å²) in [4.78, 5) is 50.5. The highest BCUT2D eigenvalue weighted by Gasteiger charge is 2.28. The molecular weight excluding hydrogens is 1190 g/mol. The van der Waals surface area contributed by atoms with Crippen molar-refractivity contribution in [1.29, 1.82) is 0 Å². The molecule has 0 radical (unpaired) electrons. The van der Waals surface area contributed by atoms with Crippen LogP contribution < -0.4 is 15.1 Å². The Kier molecular flexibility index (Phi) is 18.8. The molecule has 3 aromatic carbocycles. The third-order valence-electron chi connectivity index (χ3n) is 12.8. The number of fused-ring (bicyclic) bond motifs is 5. The third-order valence-corrected chi connectivity index (χ3v) is 14.5. The Balaban J connectivity index is 0.000000130. The molecule has 24 heteroatoms. The van der Waals surface area contributed by atoms with Gasteiger partial charge >= 0.3 is 0 Å². The molecule has 10 heterocycles. The van der Waals surface area contributed by atoms with E-state index in [0.29, 0.717) is 18.7 Å². The maximum Gasteiger partial charge on any atom is 0.248 e. The molecule has 0 aliphatic carbocycles. The Morgan fingerprint density at radius 1 is 0.595 bits per heavy atom. The van der Waals surface area contributed by atoms with Crippen LogP contribution in [0.2, 0.25) is 0 Å². The van der Waals surface area contributed by atoms with Gasteiger partial charge in [-0.05, 0) is 170 Å². The molecule has 406 valence electrons. The normalized spacial score (nSPS) is 13.7.